The molecule has 0 aliphatic rings. The summed E-state index contributed by atoms with van der Waals surface area (Å²) in [6.07, 6.45) is 1.78. The number of carboxylic acid groups (broad SMARTS) is 1. The molecule has 0 aromatic carbocycles. The minimum Gasteiger partial charge on any atom is -0.480 e. The molecule has 0 unspecified atom stereocenters. The van der Waals surface area contributed by atoms with E-state index in [-0.39, 0.29) is 6.42 Å². The van der Waals surface area contributed by atoms with E-state index in [2.05, 4.69) is 5.32 Å². The Kier molecular flexibility index (Phi) is 7.24. The van der Waals surface area contributed by atoms with Crippen molar-refractivity contribution in [2.45, 2.75) is 18.4 Å². The summed E-state index contributed by atoms with van der Waals surface area (Å²) in [5.74, 6) is -2.04. The Balaban J connectivity index is 4.12. The van der Waals surface area contributed by atoms with E-state index in [1.54, 1.807) is 0 Å². The Hall–Kier alpha value is -1.34. The topological polar surface area (TPSA) is 99.2 Å². The molecule has 0 aliphatic heterocycles. The molecule has 17 heavy (non-hydrogen) atoms. The zero-order valence-corrected chi connectivity index (χ0v) is 9.38. The van der Waals surface area contributed by atoms with Gasteiger partial charge in [0.25, 0.3) is 0 Å². The van der Waals surface area contributed by atoms with Crippen LogP contribution in [0, 0.1) is 5.41 Å². The monoisotopic (exact) mass is 249 g/mol. The normalized spacial score (nSPS) is 15.4. The van der Waals surface area contributed by atoms with Crippen LogP contribution in [-0.4, -0.2) is 42.6 Å². The molecule has 5 nitrogen and oxygen atoms in total. The lowest BCUT2D eigenvalue weighted by molar-refractivity contribution is -0.143. The maximum Gasteiger partial charge on any atom is 0.326 e. The van der Waals surface area contributed by atoms with Crippen LogP contribution >= 0.6 is 0 Å². The molecular formula is C10H17F2N3O2. The summed E-state index contributed by atoms with van der Waals surface area (Å²) >= 11 is 0. The Morgan fingerprint density at radius 2 is 2.24 bits per heavy atom. The van der Waals surface area contributed by atoms with Gasteiger partial charge in [0, 0.05) is 25.7 Å². The van der Waals surface area contributed by atoms with Crippen LogP contribution in [0.5, 0.6) is 0 Å². The van der Waals surface area contributed by atoms with Gasteiger partial charge in [0.1, 0.15) is 12.2 Å². The highest BCUT2D eigenvalue weighted by Gasteiger charge is 2.33. The van der Waals surface area contributed by atoms with Crippen molar-refractivity contribution in [3.05, 3.63) is 11.9 Å². The van der Waals surface area contributed by atoms with Crippen molar-refractivity contribution in [2.75, 3.05) is 19.8 Å². The lowest BCUT2D eigenvalue weighted by atomic mass is 9.98. The molecule has 0 aromatic heterocycles. The molecule has 0 fully saturated rings. The summed E-state index contributed by atoms with van der Waals surface area (Å²) in [7, 11) is 0. The first kappa shape index (κ1) is 15.7. The van der Waals surface area contributed by atoms with E-state index >= 15 is 0 Å². The van der Waals surface area contributed by atoms with Crippen molar-refractivity contribution in [2.24, 2.45) is 5.73 Å². The molecule has 0 saturated heterocycles. The number of hydrogen-bond donors (Lipinski definition) is 4. The number of alkyl halides is 1. The van der Waals surface area contributed by atoms with E-state index in [0.717, 1.165) is 12.3 Å². The summed E-state index contributed by atoms with van der Waals surface area (Å²) in [6.45, 7) is -0.593. The van der Waals surface area contributed by atoms with Gasteiger partial charge < -0.3 is 21.6 Å². The molecule has 1 atom stereocenters. The molecule has 0 amide bonds. The predicted octanol–water partition coefficient (Wildman–Crippen LogP) is 0.611. The fraction of sp³-hybridized carbons (Fsp3) is 0.600. The maximum absolute atomic E-state index is 13.2. The first-order valence-electron chi connectivity index (χ1n) is 5.08. The van der Waals surface area contributed by atoms with Crippen molar-refractivity contribution < 1.29 is 18.7 Å². The Labute approximate surface area is 98.2 Å². The van der Waals surface area contributed by atoms with Gasteiger partial charge in [-0.05, 0) is 6.42 Å². The predicted molar refractivity (Wildman–Crippen MR) is 60.6 cm³/mol. The average Bonchev–Trinajstić information content (AvgIpc) is 2.31. The third-order valence-electron chi connectivity index (χ3n) is 2.14. The molecule has 0 bridgehead atoms. The minimum atomic E-state index is -2.06. The van der Waals surface area contributed by atoms with Gasteiger partial charge in [0.05, 0.1) is 5.83 Å². The standard InChI is InChI=1S/C10H17F2N3O2/c11-7-10(14,9(16)17)3-1-8(12)2-5-15-6-4-13/h1,4,13,15H,2-3,5-7,14H2,(H,16,17)/b8-1-,13-4?/t10-/m1/s1. The second kappa shape index (κ2) is 7.86. The van der Waals surface area contributed by atoms with Crippen molar-refractivity contribution in [3.63, 3.8) is 0 Å². The third-order valence-corrected chi connectivity index (χ3v) is 2.14. The first-order chi connectivity index (χ1) is 7.96. The van der Waals surface area contributed by atoms with Crippen LogP contribution in [0.3, 0.4) is 0 Å². The number of rotatable bonds is 9. The van der Waals surface area contributed by atoms with Gasteiger partial charge in [-0.1, -0.05) is 6.08 Å². The molecule has 0 aromatic rings. The van der Waals surface area contributed by atoms with Gasteiger partial charge in [0.15, 0.2) is 0 Å². The highest BCUT2D eigenvalue weighted by molar-refractivity contribution is 5.78. The van der Waals surface area contributed by atoms with Crippen LogP contribution < -0.4 is 11.1 Å². The van der Waals surface area contributed by atoms with Crippen LogP contribution in [-0.2, 0) is 4.79 Å². The summed E-state index contributed by atoms with van der Waals surface area (Å²) in [4.78, 5) is 10.6. The molecule has 0 heterocycles. The second-order valence-electron chi connectivity index (χ2n) is 3.61. The fourth-order valence-corrected chi connectivity index (χ4v) is 0.976. The molecule has 7 heteroatoms. The number of carboxylic acids is 1. The highest BCUT2D eigenvalue weighted by atomic mass is 19.1. The molecule has 0 spiro atoms. The molecular weight excluding hydrogens is 232 g/mol. The van der Waals surface area contributed by atoms with E-state index in [1.165, 1.54) is 0 Å². The van der Waals surface area contributed by atoms with E-state index in [0.29, 0.717) is 13.1 Å². The van der Waals surface area contributed by atoms with Crippen molar-refractivity contribution in [3.8, 4) is 0 Å². The van der Waals surface area contributed by atoms with Crippen LogP contribution in [0.2, 0.25) is 0 Å². The lowest BCUT2D eigenvalue weighted by Gasteiger charge is -2.18. The van der Waals surface area contributed by atoms with Gasteiger partial charge in [0.2, 0.25) is 0 Å². The van der Waals surface area contributed by atoms with Gasteiger partial charge in [-0.15, -0.1) is 0 Å². The third kappa shape index (κ3) is 6.08. The molecule has 98 valence electrons. The van der Waals surface area contributed by atoms with Crippen molar-refractivity contribution in [1.82, 2.24) is 5.32 Å². The van der Waals surface area contributed by atoms with Gasteiger partial charge >= 0.3 is 5.97 Å². The van der Waals surface area contributed by atoms with Gasteiger partial charge in [-0.3, -0.25) is 4.79 Å². The zero-order valence-electron chi connectivity index (χ0n) is 9.38. The Morgan fingerprint density at radius 1 is 1.59 bits per heavy atom. The largest absolute Gasteiger partial charge is 0.480 e. The highest BCUT2D eigenvalue weighted by Crippen LogP contribution is 2.13. The number of aliphatic carboxylic acids is 1. The van der Waals surface area contributed by atoms with Gasteiger partial charge in [-0.25, -0.2) is 8.78 Å². The molecule has 0 saturated carbocycles. The number of nitrogens with one attached hydrogen (secondary N) is 2. The number of carbonyl (C=O) groups is 1. The number of nitrogens with two attached hydrogens (primary N) is 1. The van der Waals surface area contributed by atoms with Crippen LogP contribution in [0.4, 0.5) is 8.78 Å². The maximum atomic E-state index is 13.2. The first-order valence-corrected chi connectivity index (χ1v) is 5.08. The van der Waals surface area contributed by atoms with Gasteiger partial charge in [-0.2, -0.15) is 0 Å². The van der Waals surface area contributed by atoms with E-state index in [1.807, 2.05) is 0 Å². The average molecular weight is 249 g/mol. The zero-order chi connectivity index (χ0) is 13.3. The lowest BCUT2D eigenvalue weighted by Crippen LogP contribution is -2.49. The van der Waals surface area contributed by atoms with Crippen LogP contribution in [0.15, 0.2) is 11.9 Å². The second-order valence-corrected chi connectivity index (χ2v) is 3.61. The molecule has 0 radical (unpaired) electrons. The quantitative estimate of drug-likeness (QED) is 0.355. The summed E-state index contributed by atoms with van der Waals surface area (Å²) in [5.41, 5.74) is 3.18. The van der Waals surface area contributed by atoms with E-state index in [9.17, 15) is 13.6 Å². The minimum absolute atomic E-state index is 0.0514. The summed E-state index contributed by atoms with van der Waals surface area (Å²) in [6, 6.07) is 0. The molecule has 0 rings (SSSR count). The van der Waals surface area contributed by atoms with Crippen molar-refractivity contribution >= 4 is 12.2 Å². The Morgan fingerprint density at radius 3 is 2.71 bits per heavy atom. The fourth-order valence-electron chi connectivity index (χ4n) is 0.976. The van der Waals surface area contributed by atoms with E-state index < -0.39 is 30.4 Å². The SMILES string of the molecule is N=CCNCC/C(F)=C/C[C@@](N)(CF)C(=O)O. The van der Waals surface area contributed by atoms with Crippen LogP contribution in [0.25, 0.3) is 0 Å². The van der Waals surface area contributed by atoms with Crippen molar-refractivity contribution in [1.29, 1.82) is 5.41 Å². The Bertz CT molecular complexity index is 297. The van der Waals surface area contributed by atoms with E-state index in [4.69, 9.17) is 16.2 Å². The number of halogens is 2. The smallest absolute Gasteiger partial charge is 0.326 e. The summed E-state index contributed by atoms with van der Waals surface area (Å²) < 4.78 is 25.6. The number of hydrogen-bond acceptors (Lipinski definition) is 4. The summed E-state index contributed by atoms with van der Waals surface area (Å²) in [5, 5.41) is 18.1. The molecule has 5 N–H and O–H groups in total. The van der Waals surface area contributed by atoms with Crippen LogP contribution in [0.1, 0.15) is 12.8 Å². The molecule has 0 aliphatic carbocycles.